The van der Waals surface area contributed by atoms with Gasteiger partial charge in [0.25, 0.3) is 5.91 Å². The summed E-state index contributed by atoms with van der Waals surface area (Å²) in [5.74, 6) is 0.303. The van der Waals surface area contributed by atoms with Gasteiger partial charge in [0, 0.05) is 13.1 Å². The highest BCUT2D eigenvalue weighted by Gasteiger charge is 2.55. The van der Waals surface area contributed by atoms with Gasteiger partial charge in [-0.15, -0.1) is 0 Å². The van der Waals surface area contributed by atoms with Crippen LogP contribution >= 0.6 is 0 Å². The van der Waals surface area contributed by atoms with E-state index in [0.717, 1.165) is 50.1 Å². The smallest absolute Gasteiger partial charge is 0.325 e. The van der Waals surface area contributed by atoms with Crippen molar-refractivity contribution in [3.8, 4) is 0 Å². The molecule has 1 aliphatic carbocycles. The molecule has 4 amide bonds. The molecule has 0 aromatic heterocycles. The summed E-state index contributed by atoms with van der Waals surface area (Å²) in [6, 6.07) is -0.401. The van der Waals surface area contributed by atoms with Gasteiger partial charge in [-0.1, -0.05) is 26.7 Å². The summed E-state index contributed by atoms with van der Waals surface area (Å²) < 4.78 is 0. The first kappa shape index (κ1) is 16.3. The number of urea groups is 1. The van der Waals surface area contributed by atoms with Crippen molar-refractivity contribution in [3.63, 3.8) is 0 Å². The summed E-state index contributed by atoms with van der Waals surface area (Å²) in [6.45, 7) is 5.49. The van der Waals surface area contributed by atoms with E-state index >= 15 is 0 Å². The second-order valence-corrected chi connectivity index (χ2v) is 7.53. The van der Waals surface area contributed by atoms with E-state index in [1.165, 1.54) is 0 Å². The molecule has 3 fully saturated rings. The SMILES string of the molecule is C[C@@H]1CCCN(C(=O)CN2C(=O)N[C@@]3(CCCC[C@H]3C)C2=O)C1. The molecule has 6 nitrogen and oxygen atoms in total. The zero-order valence-corrected chi connectivity index (χ0v) is 14.1. The largest absolute Gasteiger partial charge is 0.341 e. The normalized spacial score (nSPS) is 34.9. The predicted octanol–water partition coefficient (Wildman–Crippen LogP) is 1.75. The third-order valence-electron chi connectivity index (χ3n) is 5.80. The van der Waals surface area contributed by atoms with Gasteiger partial charge in [0.05, 0.1) is 0 Å². The van der Waals surface area contributed by atoms with E-state index in [9.17, 15) is 14.4 Å². The lowest BCUT2D eigenvalue weighted by atomic mass is 9.73. The topological polar surface area (TPSA) is 69.7 Å². The lowest BCUT2D eigenvalue weighted by Crippen LogP contribution is -2.54. The maximum absolute atomic E-state index is 12.9. The third kappa shape index (κ3) is 2.83. The molecule has 1 N–H and O–H groups in total. The summed E-state index contributed by atoms with van der Waals surface area (Å²) >= 11 is 0. The van der Waals surface area contributed by atoms with Gasteiger partial charge >= 0.3 is 6.03 Å². The fourth-order valence-corrected chi connectivity index (χ4v) is 4.29. The van der Waals surface area contributed by atoms with Gasteiger partial charge in [-0.25, -0.2) is 4.79 Å². The Labute approximate surface area is 137 Å². The molecule has 0 radical (unpaired) electrons. The molecule has 2 heterocycles. The molecular weight excluding hydrogens is 294 g/mol. The van der Waals surface area contributed by atoms with E-state index in [4.69, 9.17) is 0 Å². The first-order valence-corrected chi connectivity index (χ1v) is 8.86. The summed E-state index contributed by atoms with van der Waals surface area (Å²) in [6.07, 6.45) is 5.79. The molecule has 23 heavy (non-hydrogen) atoms. The molecule has 0 aromatic carbocycles. The highest BCUT2D eigenvalue weighted by atomic mass is 16.2. The van der Waals surface area contributed by atoms with E-state index in [2.05, 4.69) is 12.2 Å². The first-order valence-electron chi connectivity index (χ1n) is 8.86. The minimum absolute atomic E-state index is 0.111. The van der Waals surface area contributed by atoms with Gasteiger partial charge in [0.15, 0.2) is 0 Å². The Bertz CT molecular complexity index is 521. The van der Waals surface area contributed by atoms with Crippen molar-refractivity contribution in [2.45, 2.75) is 57.9 Å². The number of hydrogen-bond acceptors (Lipinski definition) is 3. The summed E-state index contributed by atoms with van der Waals surface area (Å²) in [4.78, 5) is 40.6. The molecule has 1 saturated carbocycles. The number of hydrogen-bond donors (Lipinski definition) is 1. The summed E-state index contributed by atoms with van der Waals surface area (Å²) in [5.41, 5.74) is -0.773. The third-order valence-corrected chi connectivity index (χ3v) is 5.80. The van der Waals surface area contributed by atoms with Gasteiger partial charge in [0.2, 0.25) is 5.91 Å². The minimum Gasteiger partial charge on any atom is -0.341 e. The highest BCUT2D eigenvalue weighted by molar-refractivity contribution is 6.09. The lowest BCUT2D eigenvalue weighted by molar-refractivity contribution is -0.141. The van der Waals surface area contributed by atoms with Crippen LogP contribution in [0.2, 0.25) is 0 Å². The molecule has 2 saturated heterocycles. The van der Waals surface area contributed by atoms with Gasteiger partial charge in [-0.05, 0) is 37.5 Å². The van der Waals surface area contributed by atoms with E-state index in [1.807, 2.05) is 6.92 Å². The van der Waals surface area contributed by atoms with Crippen LogP contribution in [0, 0.1) is 11.8 Å². The predicted molar refractivity (Wildman–Crippen MR) is 85.6 cm³/mol. The van der Waals surface area contributed by atoms with Crippen molar-refractivity contribution < 1.29 is 14.4 Å². The maximum atomic E-state index is 12.9. The number of carbonyl (C=O) groups excluding carboxylic acids is 3. The zero-order chi connectivity index (χ0) is 16.6. The molecule has 1 spiro atoms. The molecule has 0 unspecified atom stereocenters. The van der Waals surface area contributed by atoms with Crippen molar-refractivity contribution in [3.05, 3.63) is 0 Å². The number of rotatable bonds is 2. The Balaban J connectivity index is 1.69. The van der Waals surface area contributed by atoms with Gasteiger partial charge < -0.3 is 10.2 Å². The van der Waals surface area contributed by atoms with Crippen molar-refractivity contribution in [2.24, 2.45) is 11.8 Å². The fraction of sp³-hybridized carbons (Fsp3) is 0.824. The number of amides is 4. The standard InChI is InChI=1S/C17H27N3O3/c1-12-6-5-9-19(10-12)14(21)11-20-15(22)17(18-16(20)23)8-4-3-7-13(17)2/h12-13H,3-11H2,1-2H3,(H,18,23)/t12-,13-,17-/m1/s1. The monoisotopic (exact) mass is 321 g/mol. The van der Waals surface area contributed by atoms with E-state index in [1.54, 1.807) is 4.90 Å². The van der Waals surface area contributed by atoms with Crippen LogP contribution in [0.5, 0.6) is 0 Å². The average Bonchev–Trinajstić information content (AvgIpc) is 2.75. The van der Waals surface area contributed by atoms with E-state index in [-0.39, 0.29) is 24.3 Å². The number of nitrogens with zero attached hydrogens (tertiary/aromatic N) is 2. The van der Waals surface area contributed by atoms with Crippen molar-refractivity contribution in [1.29, 1.82) is 0 Å². The van der Waals surface area contributed by atoms with Crippen LogP contribution in [0.3, 0.4) is 0 Å². The lowest BCUT2D eigenvalue weighted by Gasteiger charge is -2.37. The van der Waals surface area contributed by atoms with E-state index < -0.39 is 11.6 Å². The summed E-state index contributed by atoms with van der Waals surface area (Å²) in [5, 5.41) is 2.90. The average molecular weight is 321 g/mol. The molecule has 6 heteroatoms. The molecule has 0 bridgehead atoms. The van der Waals surface area contributed by atoms with Crippen LogP contribution in [0.15, 0.2) is 0 Å². The molecule has 0 aromatic rings. The van der Waals surface area contributed by atoms with Crippen molar-refractivity contribution in [2.75, 3.05) is 19.6 Å². The number of imide groups is 1. The summed E-state index contributed by atoms with van der Waals surface area (Å²) in [7, 11) is 0. The van der Waals surface area contributed by atoms with Gasteiger partial charge in [-0.2, -0.15) is 0 Å². The molecule has 3 rings (SSSR count). The maximum Gasteiger partial charge on any atom is 0.325 e. The highest BCUT2D eigenvalue weighted by Crippen LogP contribution is 2.38. The van der Waals surface area contributed by atoms with Crippen LogP contribution in [0.25, 0.3) is 0 Å². The molecule has 128 valence electrons. The van der Waals surface area contributed by atoms with Crippen LogP contribution < -0.4 is 5.32 Å². The van der Waals surface area contributed by atoms with Crippen molar-refractivity contribution in [1.82, 2.24) is 15.1 Å². The van der Waals surface area contributed by atoms with E-state index in [0.29, 0.717) is 12.3 Å². The fourth-order valence-electron chi connectivity index (χ4n) is 4.29. The Hall–Kier alpha value is -1.59. The number of carbonyl (C=O) groups is 3. The number of nitrogens with one attached hydrogen (secondary N) is 1. The Morgan fingerprint density at radius 3 is 2.70 bits per heavy atom. The Morgan fingerprint density at radius 1 is 1.22 bits per heavy atom. The Kier molecular flexibility index (Phi) is 4.34. The first-order chi connectivity index (χ1) is 10.9. The van der Waals surface area contributed by atoms with Crippen LogP contribution in [-0.4, -0.2) is 52.8 Å². The van der Waals surface area contributed by atoms with Crippen LogP contribution in [-0.2, 0) is 9.59 Å². The second kappa shape index (κ2) is 6.13. The number of likely N-dealkylation sites (tertiary alicyclic amines) is 1. The molecule has 2 aliphatic heterocycles. The van der Waals surface area contributed by atoms with Gasteiger partial charge in [-0.3, -0.25) is 14.5 Å². The molecule has 3 atom stereocenters. The molecule has 3 aliphatic rings. The second-order valence-electron chi connectivity index (χ2n) is 7.53. The zero-order valence-electron chi connectivity index (χ0n) is 14.1. The van der Waals surface area contributed by atoms with Crippen LogP contribution in [0.4, 0.5) is 4.79 Å². The number of piperidine rings is 1. The van der Waals surface area contributed by atoms with Crippen LogP contribution in [0.1, 0.15) is 52.4 Å². The Morgan fingerprint density at radius 2 is 2.00 bits per heavy atom. The molecular formula is C17H27N3O3. The minimum atomic E-state index is -0.773. The quantitative estimate of drug-likeness (QED) is 0.788. The van der Waals surface area contributed by atoms with Gasteiger partial charge in [0.1, 0.15) is 12.1 Å². The van der Waals surface area contributed by atoms with Crippen molar-refractivity contribution >= 4 is 17.8 Å².